The molecular weight excluding hydrogens is 488 g/mol. The third-order valence-corrected chi connectivity index (χ3v) is 16.9. The van der Waals surface area contributed by atoms with E-state index >= 15 is 0 Å². The third-order valence-electron chi connectivity index (χ3n) is 7.57. The Morgan fingerprint density at radius 1 is 0.943 bits per heavy atom. The van der Waals surface area contributed by atoms with Gasteiger partial charge in [-0.05, 0) is 60.2 Å². The van der Waals surface area contributed by atoms with Gasteiger partial charge >= 0.3 is 0 Å². The van der Waals surface area contributed by atoms with Crippen LogP contribution in [0.4, 0.5) is 0 Å². The zero-order chi connectivity index (χ0) is 27.1. The Morgan fingerprint density at radius 2 is 1.43 bits per heavy atom. The fraction of sp³-hybridized carbons (Fsp3) is 0.621. The highest BCUT2D eigenvalue weighted by atomic mass is 35.5. The van der Waals surface area contributed by atoms with Gasteiger partial charge in [-0.3, -0.25) is 4.79 Å². The SMILES string of the molecule is CC(=O)C#CCC(C/C=C/c1ccccc1Cl)(CO[Si](C)(C)C(C)(C)C)CO[Si](C)(C)C(C)(C)C. The minimum Gasteiger partial charge on any atom is -0.416 e. The quantitative estimate of drug-likeness (QED) is 0.171. The summed E-state index contributed by atoms with van der Waals surface area (Å²) in [5.41, 5.74) is 0.610. The summed E-state index contributed by atoms with van der Waals surface area (Å²) in [4.78, 5) is 11.6. The van der Waals surface area contributed by atoms with Crippen LogP contribution in [0.5, 0.6) is 0 Å². The van der Waals surface area contributed by atoms with Gasteiger partial charge in [-0.15, -0.1) is 0 Å². The lowest BCUT2D eigenvalue weighted by Crippen LogP contribution is -2.48. The van der Waals surface area contributed by atoms with Crippen molar-refractivity contribution in [3.8, 4) is 11.8 Å². The molecule has 35 heavy (non-hydrogen) atoms. The molecule has 0 aliphatic heterocycles. The first-order valence-electron chi connectivity index (χ1n) is 12.5. The monoisotopic (exact) mass is 534 g/mol. The number of carbonyl (C=O) groups is 1. The molecule has 0 saturated carbocycles. The molecule has 196 valence electrons. The van der Waals surface area contributed by atoms with E-state index in [4.69, 9.17) is 20.5 Å². The number of halogens is 1. The Kier molecular flexibility index (Phi) is 11.3. The van der Waals surface area contributed by atoms with Gasteiger partial charge in [0.25, 0.3) is 0 Å². The molecule has 1 aromatic carbocycles. The Balaban J connectivity index is 3.39. The van der Waals surface area contributed by atoms with Crippen LogP contribution in [-0.2, 0) is 13.6 Å². The predicted octanol–water partition coefficient (Wildman–Crippen LogP) is 8.76. The maximum absolute atomic E-state index is 11.6. The summed E-state index contributed by atoms with van der Waals surface area (Å²) in [7, 11) is -4.01. The van der Waals surface area contributed by atoms with Crippen molar-refractivity contribution in [2.24, 2.45) is 5.41 Å². The average molecular weight is 535 g/mol. The number of carbonyl (C=O) groups excluding carboxylic acids is 1. The molecular formula is C29H47ClO3Si2. The summed E-state index contributed by atoms with van der Waals surface area (Å²) >= 11 is 6.39. The molecule has 0 unspecified atom stereocenters. The lowest BCUT2D eigenvalue weighted by Gasteiger charge is -2.43. The first-order valence-corrected chi connectivity index (χ1v) is 18.7. The molecule has 3 nitrogen and oxygen atoms in total. The first kappa shape index (κ1) is 31.9. The predicted molar refractivity (Wildman–Crippen MR) is 157 cm³/mol. The minimum absolute atomic E-state index is 0.0947. The van der Waals surface area contributed by atoms with Crippen molar-refractivity contribution >= 4 is 40.1 Å². The van der Waals surface area contributed by atoms with Crippen molar-refractivity contribution in [1.29, 1.82) is 0 Å². The smallest absolute Gasteiger partial charge is 0.202 e. The van der Waals surface area contributed by atoms with Crippen molar-refractivity contribution in [3.63, 3.8) is 0 Å². The van der Waals surface area contributed by atoms with Crippen LogP contribution in [0.2, 0.25) is 41.3 Å². The van der Waals surface area contributed by atoms with Crippen molar-refractivity contribution in [1.82, 2.24) is 0 Å². The van der Waals surface area contributed by atoms with Gasteiger partial charge in [0.1, 0.15) is 0 Å². The highest BCUT2D eigenvalue weighted by molar-refractivity contribution is 6.74. The minimum atomic E-state index is -2.00. The average Bonchev–Trinajstić information content (AvgIpc) is 2.70. The topological polar surface area (TPSA) is 35.5 Å². The van der Waals surface area contributed by atoms with Crippen LogP contribution in [0.3, 0.4) is 0 Å². The number of rotatable bonds is 10. The Morgan fingerprint density at radius 3 is 1.86 bits per heavy atom. The Hall–Kier alpha value is -1.17. The molecule has 0 saturated heterocycles. The van der Waals surface area contributed by atoms with Crippen molar-refractivity contribution < 1.29 is 13.6 Å². The molecule has 0 amide bonds. The first-order chi connectivity index (χ1) is 15.8. The van der Waals surface area contributed by atoms with Crippen LogP contribution in [0.15, 0.2) is 30.3 Å². The van der Waals surface area contributed by atoms with E-state index in [-0.39, 0.29) is 21.3 Å². The van der Waals surface area contributed by atoms with Crippen LogP contribution in [-0.4, -0.2) is 35.6 Å². The van der Waals surface area contributed by atoms with Crippen molar-refractivity contribution in [2.45, 2.75) is 97.6 Å². The summed E-state index contributed by atoms with van der Waals surface area (Å²) in [6, 6.07) is 7.82. The second-order valence-electron chi connectivity index (χ2n) is 12.8. The summed E-state index contributed by atoms with van der Waals surface area (Å²) in [5, 5.41) is 0.912. The van der Waals surface area contributed by atoms with Crippen molar-refractivity contribution in [3.05, 3.63) is 40.9 Å². The molecule has 0 aliphatic carbocycles. The highest BCUT2D eigenvalue weighted by Crippen LogP contribution is 2.41. The van der Waals surface area contributed by atoms with E-state index in [0.717, 1.165) is 10.6 Å². The van der Waals surface area contributed by atoms with Gasteiger partial charge in [0, 0.05) is 37.0 Å². The molecule has 1 aromatic rings. The van der Waals surface area contributed by atoms with Gasteiger partial charge < -0.3 is 8.85 Å². The summed E-state index contributed by atoms with van der Waals surface area (Å²) < 4.78 is 13.5. The third kappa shape index (κ3) is 10.0. The second kappa shape index (κ2) is 12.4. The number of hydrogen-bond donors (Lipinski definition) is 0. The lowest BCUT2D eigenvalue weighted by atomic mass is 9.82. The molecule has 0 radical (unpaired) electrons. The number of ketones is 1. The van der Waals surface area contributed by atoms with E-state index in [9.17, 15) is 4.79 Å². The largest absolute Gasteiger partial charge is 0.416 e. The molecule has 1 rings (SSSR count). The van der Waals surface area contributed by atoms with Crippen LogP contribution in [0.1, 0.15) is 66.9 Å². The van der Waals surface area contributed by atoms with E-state index in [2.05, 4.69) is 91.7 Å². The fourth-order valence-corrected chi connectivity index (χ4v) is 5.23. The van der Waals surface area contributed by atoms with Gasteiger partial charge in [0.05, 0.1) is 0 Å². The van der Waals surface area contributed by atoms with Gasteiger partial charge in [-0.1, -0.05) is 89.4 Å². The lowest BCUT2D eigenvalue weighted by molar-refractivity contribution is -0.111. The number of Topliss-reactive ketones (excluding diaryl/α,β-unsaturated/α-hetero) is 1. The summed E-state index contributed by atoms with van der Waals surface area (Å²) in [6.45, 7) is 25.2. The molecule has 0 aliphatic rings. The van der Waals surface area contributed by atoms with Gasteiger partial charge in [-0.2, -0.15) is 0 Å². The molecule has 6 heteroatoms. The molecule has 0 N–H and O–H groups in total. The molecule has 0 fully saturated rings. The summed E-state index contributed by atoms with van der Waals surface area (Å²) in [6.07, 6.45) is 5.46. The number of benzene rings is 1. The Bertz CT molecular complexity index is 911. The highest BCUT2D eigenvalue weighted by Gasteiger charge is 2.43. The number of hydrogen-bond acceptors (Lipinski definition) is 3. The zero-order valence-corrected chi connectivity index (χ0v) is 26.7. The van der Waals surface area contributed by atoms with Crippen LogP contribution in [0.25, 0.3) is 6.08 Å². The zero-order valence-electron chi connectivity index (χ0n) is 23.9. The van der Waals surface area contributed by atoms with E-state index in [0.29, 0.717) is 26.1 Å². The van der Waals surface area contributed by atoms with Crippen LogP contribution >= 0.6 is 11.6 Å². The maximum atomic E-state index is 11.6. The molecule has 0 heterocycles. The van der Waals surface area contributed by atoms with E-state index < -0.39 is 16.6 Å². The Labute approximate surface area is 222 Å². The number of allylic oxidation sites excluding steroid dienone is 1. The van der Waals surface area contributed by atoms with Crippen LogP contribution in [0, 0.1) is 17.3 Å². The summed E-state index contributed by atoms with van der Waals surface area (Å²) in [5.74, 6) is 5.77. The van der Waals surface area contributed by atoms with Crippen molar-refractivity contribution in [2.75, 3.05) is 13.2 Å². The van der Waals surface area contributed by atoms with Gasteiger partial charge in [-0.25, -0.2) is 0 Å². The van der Waals surface area contributed by atoms with E-state index in [1.165, 1.54) is 6.92 Å². The van der Waals surface area contributed by atoms with Crippen LogP contribution < -0.4 is 0 Å². The maximum Gasteiger partial charge on any atom is 0.202 e. The second-order valence-corrected chi connectivity index (χ2v) is 22.8. The molecule has 0 aromatic heterocycles. The molecule has 0 bridgehead atoms. The molecule has 0 spiro atoms. The molecule has 0 atom stereocenters. The van der Waals surface area contributed by atoms with Gasteiger partial charge in [0.2, 0.25) is 5.78 Å². The van der Waals surface area contributed by atoms with E-state index in [1.54, 1.807) is 0 Å². The normalized spacial score (nSPS) is 13.6. The standard InChI is InChI=1S/C29H47ClO3Si2/c1-24(31)16-14-20-29(22-32-34(8,9)27(2,3)4,23-33-35(10,11)28(5,6)7)21-15-18-25-17-12-13-19-26(25)30/h12-13,15,17-19H,20-23H2,1-11H3/b18-15+. The fourth-order valence-electron chi connectivity index (χ4n) is 2.84. The van der Waals surface area contributed by atoms with E-state index in [1.807, 2.05) is 24.3 Å². The van der Waals surface area contributed by atoms with Gasteiger partial charge in [0.15, 0.2) is 16.6 Å².